The summed E-state index contributed by atoms with van der Waals surface area (Å²) in [6.07, 6.45) is 1.01. The van der Waals surface area contributed by atoms with Gasteiger partial charge in [0.05, 0.1) is 0 Å². The molecule has 1 rings (SSSR count). The fraction of sp³-hybridized carbons (Fsp3) is 0.900. The maximum atomic E-state index is 11.7. The van der Waals surface area contributed by atoms with E-state index in [4.69, 9.17) is 0 Å². The van der Waals surface area contributed by atoms with E-state index in [0.717, 1.165) is 6.42 Å². The molecule has 0 aliphatic carbocycles. The van der Waals surface area contributed by atoms with Crippen molar-refractivity contribution in [1.29, 1.82) is 0 Å². The van der Waals surface area contributed by atoms with E-state index in [9.17, 15) is 4.79 Å². The van der Waals surface area contributed by atoms with Gasteiger partial charge in [0.15, 0.2) is 0 Å². The van der Waals surface area contributed by atoms with Crippen molar-refractivity contribution in [2.75, 3.05) is 7.05 Å². The first-order valence-corrected chi connectivity index (χ1v) is 4.60. The minimum atomic E-state index is 0.121. The molecule has 12 heavy (non-hydrogen) atoms. The van der Waals surface area contributed by atoms with Crippen LogP contribution in [0.4, 0.5) is 0 Å². The van der Waals surface area contributed by atoms with Crippen LogP contribution in [0.5, 0.6) is 0 Å². The molecule has 0 spiro atoms. The summed E-state index contributed by atoms with van der Waals surface area (Å²) in [6.45, 7) is 8.54. The summed E-state index contributed by atoms with van der Waals surface area (Å²) >= 11 is 0. The van der Waals surface area contributed by atoms with E-state index < -0.39 is 0 Å². The monoisotopic (exact) mass is 169 g/mol. The molecule has 0 aromatic heterocycles. The van der Waals surface area contributed by atoms with Crippen LogP contribution in [0, 0.1) is 11.3 Å². The van der Waals surface area contributed by atoms with Crippen LogP contribution in [0.2, 0.25) is 0 Å². The SMILES string of the molecule is CC1CC(C(C)(C)C)C(=O)N1C. The molecule has 2 unspecified atom stereocenters. The molecule has 70 valence electrons. The highest BCUT2D eigenvalue weighted by atomic mass is 16.2. The van der Waals surface area contributed by atoms with Crippen molar-refractivity contribution in [3.63, 3.8) is 0 Å². The van der Waals surface area contributed by atoms with Crippen LogP contribution in [0.15, 0.2) is 0 Å². The van der Waals surface area contributed by atoms with E-state index >= 15 is 0 Å². The lowest BCUT2D eigenvalue weighted by Crippen LogP contribution is -2.31. The second-order valence-electron chi connectivity index (χ2n) is 4.95. The first-order valence-electron chi connectivity index (χ1n) is 4.60. The lowest BCUT2D eigenvalue weighted by Gasteiger charge is -2.24. The van der Waals surface area contributed by atoms with Gasteiger partial charge >= 0.3 is 0 Å². The topological polar surface area (TPSA) is 20.3 Å². The summed E-state index contributed by atoms with van der Waals surface area (Å²) in [7, 11) is 1.90. The van der Waals surface area contributed by atoms with Crippen LogP contribution >= 0.6 is 0 Å². The number of rotatable bonds is 0. The van der Waals surface area contributed by atoms with Gasteiger partial charge < -0.3 is 4.90 Å². The number of amides is 1. The van der Waals surface area contributed by atoms with Gasteiger partial charge in [-0.05, 0) is 18.8 Å². The Balaban J connectivity index is 2.78. The summed E-state index contributed by atoms with van der Waals surface area (Å²) in [5, 5.41) is 0. The molecule has 0 aromatic carbocycles. The van der Waals surface area contributed by atoms with Gasteiger partial charge in [0.25, 0.3) is 0 Å². The quantitative estimate of drug-likeness (QED) is 0.542. The summed E-state index contributed by atoms with van der Waals surface area (Å²) < 4.78 is 0. The number of carbonyl (C=O) groups is 1. The Morgan fingerprint density at radius 2 is 1.92 bits per heavy atom. The minimum absolute atomic E-state index is 0.121. The molecule has 2 nitrogen and oxygen atoms in total. The van der Waals surface area contributed by atoms with Crippen molar-refractivity contribution >= 4 is 5.91 Å². The zero-order valence-electron chi connectivity index (χ0n) is 8.72. The zero-order chi connectivity index (χ0) is 9.52. The lowest BCUT2D eigenvalue weighted by atomic mass is 9.79. The predicted octanol–water partition coefficient (Wildman–Crippen LogP) is 1.90. The van der Waals surface area contributed by atoms with E-state index in [1.165, 1.54) is 0 Å². The Morgan fingerprint density at radius 3 is 2.08 bits per heavy atom. The van der Waals surface area contributed by atoms with E-state index in [2.05, 4.69) is 27.7 Å². The molecule has 0 saturated carbocycles. The molecule has 0 bridgehead atoms. The van der Waals surface area contributed by atoms with Crippen molar-refractivity contribution in [3.8, 4) is 0 Å². The number of hydrogen-bond donors (Lipinski definition) is 0. The van der Waals surface area contributed by atoms with Crippen LogP contribution in [0.25, 0.3) is 0 Å². The summed E-state index contributed by atoms with van der Waals surface area (Å²) in [4.78, 5) is 13.6. The Labute approximate surface area is 74.9 Å². The fourth-order valence-corrected chi connectivity index (χ4v) is 1.79. The Kier molecular flexibility index (Phi) is 2.19. The van der Waals surface area contributed by atoms with Gasteiger partial charge in [0.1, 0.15) is 0 Å². The highest BCUT2D eigenvalue weighted by Crippen LogP contribution is 2.36. The van der Waals surface area contributed by atoms with Gasteiger partial charge in [-0.2, -0.15) is 0 Å². The van der Waals surface area contributed by atoms with Crippen molar-refractivity contribution < 1.29 is 4.79 Å². The standard InChI is InChI=1S/C10H19NO/c1-7-6-8(10(2,3)4)9(12)11(7)5/h7-8H,6H2,1-5H3. The van der Waals surface area contributed by atoms with Crippen LogP contribution in [-0.2, 0) is 4.79 Å². The molecule has 2 heteroatoms. The maximum Gasteiger partial charge on any atom is 0.226 e. The van der Waals surface area contributed by atoms with Gasteiger partial charge in [-0.15, -0.1) is 0 Å². The number of likely N-dealkylation sites (tertiary alicyclic amines) is 1. The highest BCUT2D eigenvalue weighted by Gasteiger charge is 2.41. The number of hydrogen-bond acceptors (Lipinski definition) is 1. The number of carbonyl (C=O) groups excluding carboxylic acids is 1. The Bertz CT molecular complexity index is 193. The third-order valence-corrected chi connectivity index (χ3v) is 2.93. The van der Waals surface area contributed by atoms with Crippen LogP contribution < -0.4 is 0 Å². The average Bonchev–Trinajstić information content (AvgIpc) is 2.15. The van der Waals surface area contributed by atoms with E-state index in [-0.39, 0.29) is 11.3 Å². The molecule has 1 aliphatic heterocycles. The van der Waals surface area contributed by atoms with Crippen molar-refractivity contribution in [3.05, 3.63) is 0 Å². The smallest absolute Gasteiger partial charge is 0.226 e. The third-order valence-electron chi connectivity index (χ3n) is 2.93. The second-order valence-corrected chi connectivity index (χ2v) is 4.95. The van der Waals surface area contributed by atoms with Crippen LogP contribution in [0.3, 0.4) is 0 Å². The van der Waals surface area contributed by atoms with Crippen LogP contribution in [-0.4, -0.2) is 23.9 Å². The van der Waals surface area contributed by atoms with Crippen molar-refractivity contribution in [2.24, 2.45) is 11.3 Å². The molecule has 1 saturated heterocycles. The second kappa shape index (κ2) is 2.75. The summed E-state index contributed by atoms with van der Waals surface area (Å²) in [5.41, 5.74) is 0.121. The van der Waals surface area contributed by atoms with E-state index in [1.807, 2.05) is 11.9 Å². The molecule has 1 heterocycles. The first-order chi connectivity index (χ1) is 5.34. The average molecular weight is 169 g/mol. The van der Waals surface area contributed by atoms with Crippen molar-refractivity contribution in [1.82, 2.24) is 4.90 Å². The maximum absolute atomic E-state index is 11.7. The van der Waals surface area contributed by atoms with Gasteiger partial charge in [0.2, 0.25) is 5.91 Å². The molecular weight excluding hydrogens is 150 g/mol. The van der Waals surface area contributed by atoms with Gasteiger partial charge in [0, 0.05) is 19.0 Å². The lowest BCUT2D eigenvalue weighted by molar-refractivity contribution is -0.133. The van der Waals surface area contributed by atoms with Gasteiger partial charge in [-0.3, -0.25) is 4.79 Å². The summed E-state index contributed by atoms with van der Waals surface area (Å²) in [5.74, 6) is 0.535. The predicted molar refractivity (Wildman–Crippen MR) is 49.8 cm³/mol. The van der Waals surface area contributed by atoms with Crippen LogP contribution in [0.1, 0.15) is 34.1 Å². The Morgan fingerprint density at radius 1 is 1.42 bits per heavy atom. The third kappa shape index (κ3) is 1.47. The molecule has 0 N–H and O–H groups in total. The molecule has 1 aliphatic rings. The number of nitrogens with zero attached hydrogens (tertiary/aromatic N) is 1. The largest absolute Gasteiger partial charge is 0.343 e. The normalized spacial score (nSPS) is 31.4. The molecule has 1 amide bonds. The van der Waals surface area contributed by atoms with Crippen molar-refractivity contribution in [2.45, 2.75) is 40.2 Å². The molecule has 1 fully saturated rings. The first kappa shape index (κ1) is 9.56. The van der Waals surface area contributed by atoms with Gasteiger partial charge in [-0.25, -0.2) is 0 Å². The molecule has 2 atom stereocenters. The Hall–Kier alpha value is -0.530. The summed E-state index contributed by atoms with van der Waals surface area (Å²) in [6, 6.07) is 0.418. The molecule has 0 aromatic rings. The fourth-order valence-electron chi connectivity index (χ4n) is 1.79. The van der Waals surface area contributed by atoms with Gasteiger partial charge in [-0.1, -0.05) is 20.8 Å². The highest BCUT2D eigenvalue weighted by molar-refractivity contribution is 5.81. The minimum Gasteiger partial charge on any atom is -0.343 e. The van der Waals surface area contributed by atoms with E-state index in [0.29, 0.717) is 11.9 Å². The van der Waals surface area contributed by atoms with E-state index in [1.54, 1.807) is 0 Å². The molecule has 0 radical (unpaired) electrons. The zero-order valence-corrected chi connectivity index (χ0v) is 8.72. The molecular formula is C10H19NO.